The molecule has 0 aromatic heterocycles. The van der Waals surface area contributed by atoms with Gasteiger partial charge in [0.25, 0.3) is 0 Å². The highest BCUT2D eigenvalue weighted by Crippen LogP contribution is 2.37. The van der Waals surface area contributed by atoms with E-state index in [2.05, 4.69) is 42.1 Å². The number of hydrazine groups is 1. The fraction of sp³-hybridized carbons (Fsp3) is 0.250. The van der Waals surface area contributed by atoms with Crippen molar-refractivity contribution in [3.8, 4) is 11.5 Å². The second kappa shape index (κ2) is 10.4. The smallest absolute Gasteiger partial charge is 0.189 e. The van der Waals surface area contributed by atoms with Crippen molar-refractivity contribution in [1.82, 2.24) is 10.9 Å². The van der Waals surface area contributed by atoms with Crippen molar-refractivity contribution in [2.45, 2.75) is 45.8 Å². The molecule has 0 aliphatic carbocycles. The number of hydrogen-bond donors (Lipinski definition) is 3. The molecular formula is C28H30FN3O2S. The number of halogens is 1. The third-order valence-electron chi connectivity index (χ3n) is 5.57. The third-order valence-corrected chi connectivity index (χ3v) is 5.77. The first kappa shape index (κ1) is 24.5. The summed E-state index contributed by atoms with van der Waals surface area (Å²) in [6.45, 7) is 8.64. The summed E-state index contributed by atoms with van der Waals surface area (Å²) in [5.74, 6) is 1.62. The first-order chi connectivity index (χ1) is 16.7. The van der Waals surface area contributed by atoms with Gasteiger partial charge in [0.15, 0.2) is 5.11 Å². The largest absolute Gasteiger partial charge is 0.489 e. The van der Waals surface area contributed by atoms with Crippen LogP contribution >= 0.6 is 12.2 Å². The first-order valence-electron chi connectivity index (χ1n) is 11.5. The van der Waals surface area contributed by atoms with E-state index in [0.29, 0.717) is 23.4 Å². The van der Waals surface area contributed by atoms with E-state index in [4.69, 9.17) is 21.7 Å². The molecule has 35 heavy (non-hydrogen) atoms. The van der Waals surface area contributed by atoms with E-state index in [1.54, 1.807) is 12.1 Å². The van der Waals surface area contributed by atoms with E-state index in [1.165, 1.54) is 17.7 Å². The summed E-state index contributed by atoms with van der Waals surface area (Å²) in [6.07, 6.45) is 1.99. The average Bonchev–Trinajstić information content (AvgIpc) is 2.82. The standard InChI is InChI=1S/C28H30FN3O2S/c1-18(2)20-7-11-22(12-8-20)30-27(35)32-31-25-16-28(3,4)34-26-14-13-23(15-24(25)26)33-17-19-5-9-21(29)10-6-19/h5-16,18,31H,17H2,1-4H3,(H2,30,32,35). The molecule has 0 bridgehead atoms. The summed E-state index contributed by atoms with van der Waals surface area (Å²) < 4.78 is 25.2. The zero-order valence-corrected chi connectivity index (χ0v) is 21.1. The molecule has 5 nitrogen and oxygen atoms in total. The molecule has 0 saturated heterocycles. The van der Waals surface area contributed by atoms with Crippen molar-refractivity contribution >= 4 is 28.7 Å². The summed E-state index contributed by atoms with van der Waals surface area (Å²) >= 11 is 5.48. The Morgan fingerprint density at radius 1 is 1.03 bits per heavy atom. The summed E-state index contributed by atoms with van der Waals surface area (Å²) in [5.41, 5.74) is 10.5. The fourth-order valence-electron chi connectivity index (χ4n) is 3.73. The maximum absolute atomic E-state index is 13.2. The molecule has 3 aromatic rings. The van der Waals surface area contributed by atoms with Crippen LogP contribution in [0, 0.1) is 5.82 Å². The van der Waals surface area contributed by atoms with Crippen molar-refractivity contribution < 1.29 is 13.9 Å². The third kappa shape index (κ3) is 6.51. The topological polar surface area (TPSA) is 54.5 Å². The number of hydrogen-bond acceptors (Lipinski definition) is 4. The van der Waals surface area contributed by atoms with Crippen LogP contribution < -0.4 is 25.6 Å². The highest BCUT2D eigenvalue weighted by Gasteiger charge is 2.27. The molecule has 3 aromatic carbocycles. The van der Waals surface area contributed by atoms with Gasteiger partial charge in [-0.2, -0.15) is 0 Å². The van der Waals surface area contributed by atoms with Crippen LogP contribution in [0.2, 0.25) is 0 Å². The van der Waals surface area contributed by atoms with Gasteiger partial charge in [0.2, 0.25) is 0 Å². The number of nitrogens with one attached hydrogen (secondary N) is 3. The molecule has 0 amide bonds. The number of benzene rings is 3. The molecule has 1 aliphatic rings. The Kier molecular flexibility index (Phi) is 7.26. The van der Waals surface area contributed by atoms with Gasteiger partial charge < -0.3 is 14.8 Å². The number of anilines is 1. The van der Waals surface area contributed by atoms with Crippen LogP contribution in [0.4, 0.5) is 10.1 Å². The first-order valence-corrected chi connectivity index (χ1v) is 12.0. The summed E-state index contributed by atoms with van der Waals surface area (Å²) in [6, 6.07) is 20.1. The molecule has 3 N–H and O–H groups in total. The van der Waals surface area contributed by atoms with Crippen LogP contribution in [0.1, 0.15) is 50.3 Å². The maximum atomic E-state index is 13.2. The SMILES string of the molecule is CC(C)c1ccc(NC(=S)NNC2=CC(C)(C)Oc3ccc(OCc4ccc(F)cc4)cc32)cc1. The fourth-order valence-corrected chi connectivity index (χ4v) is 3.89. The van der Waals surface area contributed by atoms with Gasteiger partial charge in [-0.25, -0.2) is 4.39 Å². The average molecular weight is 492 g/mol. The van der Waals surface area contributed by atoms with E-state index < -0.39 is 5.60 Å². The summed E-state index contributed by atoms with van der Waals surface area (Å²) in [5, 5.41) is 3.64. The second-order valence-corrected chi connectivity index (χ2v) is 9.73. The van der Waals surface area contributed by atoms with Gasteiger partial charge in [-0.3, -0.25) is 10.9 Å². The van der Waals surface area contributed by atoms with E-state index in [-0.39, 0.29) is 5.82 Å². The van der Waals surface area contributed by atoms with E-state index in [9.17, 15) is 4.39 Å². The van der Waals surface area contributed by atoms with Crippen molar-refractivity contribution in [3.63, 3.8) is 0 Å². The van der Waals surface area contributed by atoms with Crippen molar-refractivity contribution in [1.29, 1.82) is 0 Å². The monoisotopic (exact) mass is 491 g/mol. The molecule has 0 atom stereocenters. The molecule has 1 aliphatic heterocycles. The van der Waals surface area contributed by atoms with Gasteiger partial charge in [0, 0.05) is 11.3 Å². The minimum atomic E-state index is -0.505. The minimum absolute atomic E-state index is 0.268. The van der Waals surface area contributed by atoms with Crippen LogP contribution in [-0.4, -0.2) is 10.7 Å². The van der Waals surface area contributed by atoms with Crippen LogP contribution in [0.3, 0.4) is 0 Å². The Labute approximate surface area is 211 Å². The van der Waals surface area contributed by atoms with Crippen molar-refractivity contribution in [3.05, 3.63) is 95.3 Å². The highest BCUT2D eigenvalue weighted by atomic mass is 32.1. The van der Waals surface area contributed by atoms with Gasteiger partial charge >= 0.3 is 0 Å². The maximum Gasteiger partial charge on any atom is 0.189 e. The lowest BCUT2D eigenvalue weighted by Crippen LogP contribution is -2.41. The number of fused-ring (bicyclic) bond motifs is 1. The van der Waals surface area contributed by atoms with Gasteiger partial charge in [-0.1, -0.05) is 38.1 Å². The van der Waals surface area contributed by atoms with Gasteiger partial charge in [0.1, 0.15) is 29.5 Å². The molecule has 0 fully saturated rings. The van der Waals surface area contributed by atoms with Crippen LogP contribution in [0.25, 0.3) is 5.70 Å². The molecule has 7 heteroatoms. The zero-order valence-electron chi connectivity index (χ0n) is 20.3. The normalized spacial score (nSPS) is 13.8. The highest BCUT2D eigenvalue weighted by molar-refractivity contribution is 7.80. The number of rotatable bonds is 7. The lowest BCUT2D eigenvalue weighted by Gasteiger charge is -2.32. The quantitative estimate of drug-likeness (QED) is 0.258. The Hall–Kier alpha value is -3.58. The van der Waals surface area contributed by atoms with E-state index >= 15 is 0 Å². The predicted octanol–water partition coefficient (Wildman–Crippen LogP) is 6.53. The predicted molar refractivity (Wildman–Crippen MR) is 143 cm³/mol. The Bertz CT molecular complexity index is 1220. The Morgan fingerprint density at radius 2 is 1.74 bits per heavy atom. The second-order valence-electron chi connectivity index (χ2n) is 9.32. The summed E-state index contributed by atoms with van der Waals surface area (Å²) in [7, 11) is 0. The van der Waals surface area contributed by atoms with E-state index in [1.807, 2.05) is 50.3 Å². The molecule has 4 rings (SSSR count). The molecule has 0 radical (unpaired) electrons. The molecule has 0 saturated carbocycles. The van der Waals surface area contributed by atoms with Crippen LogP contribution in [0.5, 0.6) is 11.5 Å². The minimum Gasteiger partial charge on any atom is -0.489 e. The Morgan fingerprint density at radius 3 is 2.43 bits per heavy atom. The summed E-state index contributed by atoms with van der Waals surface area (Å²) in [4.78, 5) is 0. The lowest BCUT2D eigenvalue weighted by molar-refractivity contribution is 0.157. The van der Waals surface area contributed by atoms with Crippen LogP contribution in [-0.2, 0) is 6.61 Å². The molecule has 0 unspecified atom stereocenters. The zero-order chi connectivity index (χ0) is 25.0. The molecule has 182 valence electrons. The van der Waals surface area contributed by atoms with Gasteiger partial charge in [-0.05, 0) is 91.7 Å². The van der Waals surface area contributed by atoms with Crippen molar-refractivity contribution in [2.24, 2.45) is 0 Å². The number of ether oxygens (including phenoxy) is 2. The van der Waals surface area contributed by atoms with Gasteiger partial charge in [0.05, 0.1) is 5.70 Å². The Balaban J connectivity index is 1.43. The molecule has 0 spiro atoms. The number of thiocarbonyl (C=S) groups is 1. The molecule has 1 heterocycles. The molecular weight excluding hydrogens is 461 g/mol. The van der Waals surface area contributed by atoms with Crippen LogP contribution in [0.15, 0.2) is 72.8 Å². The lowest BCUT2D eigenvalue weighted by atomic mass is 9.99. The van der Waals surface area contributed by atoms with E-state index in [0.717, 1.165) is 28.3 Å². The van der Waals surface area contributed by atoms with Crippen molar-refractivity contribution in [2.75, 3.05) is 5.32 Å². The van der Waals surface area contributed by atoms with Gasteiger partial charge in [-0.15, -0.1) is 0 Å².